The van der Waals surface area contributed by atoms with Crippen molar-refractivity contribution >= 4 is 23.6 Å². The first-order chi connectivity index (χ1) is 13.9. The Bertz CT molecular complexity index is 794. The maximum absolute atomic E-state index is 13.0. The van der Waals surface area contributed by atoms with E-state index in [1.807, 2.05) is 45.0 Å². The Morgan fingerprint density at radius 2 is 1.66 bits per heavy atom. The zero-order chi connectivity index (χ0) is 21.2. The van der Waals surface area contributed by atoms with Gasteiger partial charge in [-0.3, -0.25) is 9.59 Å². The van der Waals surface area contributed by atoms with E-state index in [0.717, 1.165) is 16.7 Å². The number of aryl methyl sites for hydroxylation is 1. The van der Waals surface area contributed by atoms with Crippen LogP contribution in [-0.2, 0) is 21.9 Å². The Labute approximate surface area is 176 Å². The summed E-state index contributed by atoms with van der Waals surface area (Å²) in [5.74, 6) is 0.406. The molecule has 1 N–H and O–H groups in total. The van der Waals surface area contributed by atoms with Crippen LogP contribution in [-0.4, -0.2) is 35.1 Å². The van der Waals surface area contributed by atoms with Crippen molar-refractivity contribution in [2.75, 3.05) is 12.3 Å². The Morgan fingerprint density at radius 3 is 2.24 bits per heavy atom. The number of halogens is 1. The largest absolute Gasteiger partial charge is 0.355 e. The maximum Gasteiger partial charge on any atom is 0.242 e. The van der Waals surface area contributed by atoms with Crippen LogP contribution in [0.3, 0.4) is 0 Å². The van der Waals surface area contributed by atoms with Crippen molar-refractivity contribution < 1.29 is 14.0 Å². The van der Waals surface area contributed by atoms with Gasteiger partial charge in [-0.25, -0.2) is 4.39 Å². The first kappa shape index (κ1) is 22.9. The van der Waals surface area contributed by atoms with E-state index in [2.05, 4.69) is 5.32 Å². The molecular weight excluding hydrogens is 387 g/mol. The number of thioether (sulfide) groups is 1. The van der Waals surface area contributed by atoms with E-state index in [0.29, 0.717) is 25.3 Å². The summed E-state index contributed by atoms with van der Waals surface area (Å²) >= 11 is 1.47. The molecule has 6 heteroatoms. The van der Waals surface area contributed by atoms with Crippen LogP contribution in [0.2, 0.25) is 0 Å². The number of carbonyl (C=O) groups excluding carboxylic acids is 2. The van der Waals surface area contributed by atoms with E-state index < -0.39 is 6.04 Å². The van der Waals surface area contributed by atoms with Crippen molar-refractivity contribution in [3.05, 3.63) is 71.0 Å². The quantitative estimate of drug-likeness (QED) is 0.628. The van der Waals surface area contributed by atoms with E-state index in [4.69, 9.17) is 0 Å². The van der Waals surface area contributed by atoms with E-state index in [1.54, 1.807) is 17.0 Å². The second kappa shape index (κ2) is 11.6. The molecule has 0 unspecified atom stereocenters. The zero-order valence-electron chi connectivity index (χ0n) is 17.3. The minimum atomic E-state index is -0.504. The standard InChI is InChI=1S/C23H29FN2O2S/c1-4-21(23(28)25-5-2)26(14-18-8-6-17(3)7-9-18)22(27)16-29-15-19-10-12-20(24)13-11-19/h6-13,21H,4-5,14-16H2,1-3H3,(H,25,28)/t21-/m1/s1. The molecule has 1 atom stereocenters. The van der Waals surface area contributed by atoms with Crippen molar-refractivity contribution in [3.63, 3.8) is 0 Å². The van der Waals surface area contributed by atoms with Crippen LogP contribution in [0.25, 0.3) is 0 Å². The van der Waals surface area contributed by atoms with Crippen LogP contribution in [0.1, 0.15) is 37.0 Å². The third-order valence-electron chi connectivity index (χ3n) is 4.62. The summed E-state index contributed by atoms with van der Waals surface area (Å²) < 4.78 is 13.0. The number of likely N-dealkylation sites (N-methyl/N-ethyl adjacent to an activating group) is 1. The Hall–Kier alpha value is -2.34. The molecule has 0 aliphatic carbocycles. The van der Waals surface area contributed by atoms with Crippen molar-refractivity contribution in [1.82, 2.24) is 10.2 Å². The second-order valence-electron chi connectivity index (χ2n) is 6.95. The minimum Gasteiger partial charge on any atom is -0.355 e. The number of nitrogens with one attached hydrogen (secondary N) is 1. The van der Waals surface area contributed by atoms with Gasteiger partial charge in [0.2, 0.25) is 11.8 Å². The Balaban J connectivity index is 2.08. The lowest BCUT2D eigenvalue weighted by molar-refractivity contribution is -0.139. The molecule has 0 bridgehead atoms. The van der Waals surface area contributed by atoms with E-state index in [-0.39, 0.29) is 23.4 Å². The highest BCUT2D eigenvalue weighted by molar-refractivity contribution is 7.99. The summed E-state index contributed by atoms with van der Waals surface area (Å²) in [5.41, 5.74) is 3.11. The highest BCUT2D eigenvalue weighted by Gasteiger charge is 2.28. The summed E-state index contributed by atoms with van der Waals surface area (Å²) in [6.07, 6.45) is 0.548. The lowest BCUT2D eigenvalue weighted by Crippen LogP contribution is -2.49. The topological polar surface area (TPSA) is 49.4 Å². The number of rotatable bonds is 10. The van der Waals surface area contributed by atoms with Crippen molar-refractivity contribution in [3.8, 4) is 0 Å². The fraction of sp³-hybridized carbons (Fsp3) is 0.391. The molecule has 0 spiro atoms. The van der Waals surface area contributed by atoms with Gasteiger partial charge in [0.15, 0.2) is 0 Å². The SMILES string of the molecule is CCNC(=O)[C@@H](CC)N(Cc1ccc(C)cc1)C(=O)CSCc1ccc(F)cc1. The van der Waals surface area contributed by atoms with E-state index >= 15 is 0 Å². The van der Waals surface area contributed by atoms with Gasteiger partial charge in [-0.15, -0.1) is 11.8 Å². The second-order valence-corrected chi connectivity index (χ2v) is 7.93. The molecule has 2 rings (SSSR count). The van der Waals surface area contributed by atoms with Gasteiger partial charge in [-0.1, -0.05) is 48.9 Å². The van der Waals surface area contributed by atoms with E-state index in [9.17, 15) is 14.0 Å². The van der Waals surface area contributed by atoms with Gasteiger partial charge < -0.3 is 10.2 Å². The molecular formula is C23H29FN2O2S. The van der Waals surface area contributed by atoms with Crippen LogP contribution in [0.5, 0.6) is 0 Å². The van der Waals surface area contributed by atoms with Gasteiger partial charge in [0.1, 0.15) is 11.9 Å². The number of nitrogens with zero attached hydrogens (tertiary/aromatic N) is 1. The number of carbonyl (C=O) groups is 2. The molecule has 0 radical (unpaired) electrons. The van der Waals surface area contributed by atoms with Gasteiger partial charge in [-0.2, -0.15) is 0 Å². The third-order valence-corrected chi connectivity index (χ3v) is 5.61. The highest BCUT2D eigenvalue weighted by Crippen LogP contribution is 2.18. The molecule has 0 saturated carbocycles. The van der Waals surface area contributed by atoms with Crippen LogP contribution in [0, 0.1) is 12.7 Å². The molecule has 0 aromatic heterocycles. The monoisotopic (exact) mass is 416 g/mol. The zero-order valence-corrected chi connectivity index (χ0v) is 18.1. The maximum atomic E-state index is 13.0. The molecule has 2 amide bonds. The predicted octanol–water partition coefficient (Wildman–Crippen LogP) is 4.31. The molecule has 0 heterocycles. The summed E-state index contributed by atoms with van der Waals surface area (Å²) in [4.78, 5) is 27.3. The van der Waals surface area contributed by atoms with Gasteiger partial charge in [0, 0.05) is 18.8 Å². The summed E-state index contributed by atoms with van der Waals surface area (Å²) in [6, 6.07) is 13.8. The lowest BCUT2D eigenvalue weighted by Gasteiger charge is -2.30. The molecule has 0 aliphatic rings. The van der Waals surface area contributed by atoms with Gasteiger partial charge in [0.05, 0.1) is 5.75 Å². The normalized spacial score (nSPS) is 11.7. The summed E-state index contributed by atoms with van der Waals surface area (Å²) in [7, 11) is 0. The number of benzene rings is 2. The lowest BCUT2D eigenvalue weighted by atomic mass is 10.1. The van der Waals surface area contributed by atoms with Crippen LogP contribution >= 0.6 is 11.8 Å². The smallest absolute Gasteiger partial charge is 0.242 e. The fourth-order valence-corrected chi connectivity index (χ4v) is 3.89. The van der Waals surface area contributed by atoms with Gasteiger partial charge >= 0.3 is 0 Å². The van der Waals surface area contributed by atoms with Crippen molar-refractivity contribution in [2.45, 2.75) is 45.5 Å². The number of amides is 2. The number of hydrogen-bond acceptors (Lipinski definition) is 3. The molecule has 0 saturated heterocycles. The predicted molar refractivity (Wildman–Crippen MR) is 117 cm³/mol. The van der Waals surface area contributed by atoms with Crippen molar-refractivity contribution in [2.24, 2.45) is 0 Å². The molecule has 0 aliphatic heterocycles. The van der Waals surface area contributed by atoms with Gasteiger partial charge in [-0.05, 0) is 43.5 Å². The molecule has 0 fully saturated rings. The van der Waals surface area contributed by atoms with Crippen LogP contribution in [0.4, 0.5) is 4.39 Å². The third kappa shape index (κ3) is 7.20. The molecule has 2 aromatic carbocycles. The van der Waals surface area contributed by atoms with Gasteiger partial charge in [0.25, 0.3) is 0 Å². The minimum absolute atomic E-state index is 0.0733. The summed E-state index contributed by atoms with van der Waals surface area (Å²) in [5, 5.41) is 2.84. The first-order valence-electron chi connectivity index (χ1n) is 9.89. The molecule has 156 valence electrons. The van der Waals surface area contributed by atoms with E-state index in [1.165, 1.54) is 23.9 Å². The van der Waals surface area contributed by atoms with Crippen LogP contribution in [0.15, 0.2) is 48.5 Å². The molecule has 2 aromatic rings. The summed E-state index contributed by atoms with van der Waals surface area (Å²) in [6.45, 7) is 6.73. The average Bonchev–Trinajstić information content (AvgIpc) is 2.71. The Morgan fingerprint density at radius 1 is 1.03 bits per heavy atom. The fourth-order valence-electron chi connectivity index (χ4n) is 3.02. The Kier molecular flexibility index (Phi) is 9.19. The van der Waals surface area contributed by atoms with Crippen LogP contribution < -0.4 is 5.32 Å². The molecule has 29 heavy (non-hydrogen) atoms. The first-order valence-corrected chi connectivity index (χ1v) is 11.0. The highest BCUT2D eigenvalue weighted by atomic mass is 32.2. The molecule has 4 nitrogen and oxygen atoms in total. The number of hydrogen-bond donors (Lipinski definition) is 1. The average molecular weight is 417 g/mol. The van der Waals surface area contributed by atoms with Crippen molar-refractivity contribution in [1.29, 1.82) is 0 Å².